The normalized spacial score (nSPS) is 29.9. The van der Waals surface area contributed by atoms with Crippen molar-refractivity contribution in [2.75, 3.05) is 33.4 Å². The number of aromatic nitrogens is 1. The van der Waals surface area contributed by atoms with E-state index in [1.165, 1.54) is 16.2 Å². The number of hydrogen-bond donors (Lipinski definition) is 3. The highest BCUT2D eigenvalue weighted by molar-refractivity contribution is 7.91. The van der Waals surface area contributed by atoms with Crippen molar-refractivity contribution < 1.29 is 41.9 Å². The van der Waals surface area contributed by atoms with Crippen LogP contribution in [0.4, 0.5) is 0 Å². The molecule has 1 aromatic carbocycles. The maximum atomic E-state index is 14.8. The quantitative estimate of drug-likeness (QED) is 0.233. The zero-order valence-corrected chi connectivity index (χ0v) is 35.1. The zero-order valence-electron chi connectivity index (χ0n) is 33.4. The van der Waals surface area contributed by atoms with Gasteiger partial charge in [-0.25, -0.2) is 13.4 Å². The fourth-order valence-electron chi connectivity index (χ4n) is 9.48. The average Bonchev–Trinajstić information content (AvgIpc) is 3.93. The van der Waals surface area contributed by atoms with Gasteiger partial charge in [0, 0.05) is 54.2 Å². The number of ether oxygens (including phenoxy) is 2. The number of rotatable bonds is 10. The number of fused-ring (bicyclic) bond motifs is 4. The summed E-state index contributed by atoms with van der Waals surface area (Å²) in [5.74, 6) is -3.78. The number of carbonyl (C=O) groups is 5. The molecule has 0 radical (unpaired) electrons. The summed E-state index contributed by atoms with van der Waals surface area (Å²) in [6.45, 7) is 0.684. The molecule has 3 aliphatic carbocycles. The number of likely N-dealkylation sites (tertiary alicyclic amines) is 1. The van der Waals surface area contributed by atoms with E-state index in [1.54, 1.807) is 12.0 Å². The van der Waals surface area contributed by atoms with Crippen LogP contribution >= 0.6 is 11.3 Å². The van der Waals surface area contributed by atoms with E-state index in [2.05, 4.69) is 15.0 Å². The van der Waals surface area contributed by atoms with Crippen LogP contribution < -0.4 is 20.5 Å². The lowest BCUT2D eigenvalue weighted by molar-refractivity contribution is -0.152. The van der Waals surface area contributed by atoms with Gasteiger partial charge in [-0.3, -0.25) is 28.7 Å². The Labute approximate surface area is 348 Å². The third kappa shape index (κ3) is 8.78. The molecule has 4 heterocycles. The lowest BCUT2D eigenvalue weighted by Crippen LogP contribution is -2.58. The number of hydrogen-bond acceptors (Lipinski definition) is 12. The second-order valence-corrected chi connectivity index (χ2v) is 20.3. The Hall–Kier alpha value is -4.35. The number of benzene rings is 1. The van der Waals surface area contributed by atoms with Crippen LogP contribution in [0.2, 0.25) is 0 Å². The maximum Gasteiger partial charge on any atom is 0.306 e. The molecule has 1 aromatic heterocycles. The number of methoxy groups -OCH3 is 1. The first-order valence-electron chi connectivity index (χ1n) is 21.0. The molecular formula is C42H54N6O9S2. The summed E-state index contributed by atoms with van der Waals surface area (Å²) in [5, 5.41) is 4.43. The van der Waals surface area contributed by atoms with Gasteiger partial charge in [-0.05, 0) is 75.6 Å². The molecule has 3 aliphatic heterocycles. The number of nitrogens with two attached hydrogens (primary N) is 1. The minimum Gasteiger partial charge on any atom is -0.497 e. The number of carbonyl (C=O) groups excluding carboxylic acids is 5. The average molecular weight is 851 g/mol. The van der Waals surface area contributed by atoms with Crippen molar-refractivity contribution in [1.82, 2.24) is 24.8 Å². The van der Waals surface area contributed by atoms with Gasteiger partial charge in [0.25, 0.3) is 11.8 Å². The summed E-state index contributed by atoms with van der Waals surface area (Å²) in [6, 6.07) is 6.30. The summed E-state index contributed by atoms with van der Waals surface area (Å²) in [6.07, 6.45) is 11.7. The zero-order chi connectivity index (χ0) is 41.5. The first-order chi connectivity index (χ1) is 28.3. The first-order valence-corrected chi connectivity index (χ1v) is 23.4. The van der Waals surface area contributed by atoms with Crippen molar-refractivity contribution in [2.24, 2.45) is 29.4 Å². The van der Waals surface area contributed by atoms with E-state index in [0.717, 1.165) is 44.1 Å². The van der Waals surface area contributed by atoms with Gasteiger partial charge in [0.2, 0.25) is 21.8 Å². The number of thiazole rings is 1. The molecule has 5 fully saturated rings. The lowest BCUT2D eigenvalue weighted by Gasteiger charge is -2.32. The molecule has 3 saturated carbocycles. The van der Waals surface area contributed by atoms with Crippen LogP contribution in [-0.4, -0.2) is 109 Å². The van der Waals surface area contributed by atoms with Gasteiger partial charge in [-0.1, -0.05) is 37.8 Å². The predicted molar refractivity (Wildman–Crippen MR) is 218 cm³/mol. The molecule has 0 unspecified atom stereocenters. The monoisotopic (exact) mass is 850 g/mol. The third-order valence-corrected chi connectivity index (χ3v) is 15.9. The second-order valence-electron chi connectivity index (χ2n) is 17.5. The van der Waals surface area contributed by atoms with E-state index >= 15 is 0 Å². The standard InChI is InChI=1S/C42H54N6O9S2/c1-56-30-13-11-26(12-14-30)33-24-58-37(44-33)39(52)47-21-28-22-48-35(32(28)23-47)36(50)45-42(40(53)46-59(54,55)31-15-16-31)20-29(42)10-6-4-2-3-5-9-27(38(48)51)19-34(49)57-25-41(43)17-7-8-18-41/h6,10-14,24,27-29,31-32,35H,2-5,7-9,15-23,25,43H2,1H3,(H,45,50)(H,46,53)/b10-6-/t27-,28+,29-,32+,35+,42-/m1/s1. The largest absolute Gasteiger partial charge is 0.497 e. The maximum absolute atomic E-state index is 14.8. The van der Waals surface area contributed by atoms with E-state index in [9.17, 15) is 32.4 Å². The minimum absolute atomic E-state index is 0.0876. The van der Waals surface area contributed by atoms with Crippen molar-refractivity contribution in [3.05, 3.63) is 46.8 Å². The van der Waals surface area contributed by atoms with Crippen LogP contribution in [0.3, 0.4) is 0 Å². The molecule has 6 atom stereocenters. The number of amides is 4. The van der Waals surface area contributed by atoms with E-state index in [-0.39, 0.29) is 56.8 Å². The molecule has 15 nitrogen and oxygen atoms in total. The second kappa shape index (κ2) is 16.6. The topological polar surface area (TPSA) is 207 Å². The van der Waals surface area contributed by atoms with Crippen molar-refractivity contribution in [2.45, 2.75) is 106 Å². The molecular weight excluding hydrogens is 797 g/mol. The number of nitrogens with one attached hydrogen (secondary N) is 2. The molecule has 4 amide bonds. The van der Waals surface area contributed by atoms with Gasteiger partial charge in [0.1, 0.15) is 23.9 Å². The van der Waals surface area contributed by atoms with Crippen molar-refractivity contribution in [3.8, 4) is 17.0 Å². The smallest absolute Gasteiger partial charge is 0.306 e. The van der Waals surface area contributed by atoms with Crippen LogP contribution in [0.15, 0.2) is 41.8 Å². The summed E-state index contributed by atoms with van der Waals surface area (Å²) in [7, 11) is -2.32. The van der Waals surface area contributed by atoms with Crippen molar-refractivity contribution in [3.63, 3.8) is 0 Å². The summed E-state index contributed by atoms with van der Waals surface area (Å²) < 4.78 is 39.1. The van der Waals surface area contributed by atoms with Crippen molar-refractivity contribution in [1.29, 1.82) is 0 Å². The number of nitrogens with zero attached hydrogens (tertiary/aromatic N) is 3. The highest BCUT2D eigenvalue weighted by atomic mass is 32.2. The number of allylic oxidation sites excluding steroid dienone is 1. The minimum atomic E-state index is -3.91. The highest BCUT2D eigenvalue weighted by Gasteiger charge is 2.63. The van der Waals surface area contributed by atoms with Crippen LogP contribution in [0.5, 0.6) is 5.75 Å². The predicted octanol–water partition coefficient (Wildman–Crippen LogP) is 3.54. The van der Waals surface area contributed by atoms with Gasteiger partial charge in [0.15, 0.2) is 5.01 Å². The number of esters is 1. The molecule has 2 aromatic rings. The van der Waals surface area contributed by atoms with Gasteiger partial charge in [-0.2, -0.15) is 0 Å². The Balaban J connectivity index is 1.05. The molecule has 59 heavy (non-hydrogen) atoms. The molecule has 318 valence electrons. The SMILES string of the molecule is COc1ccc(-c2csc(C(=O)N3C[C@H]4CN5C(=O)[C@@H](CC(=O)OCC6(N)CCCC6)CCCCC/C=C\[C@@H]6C[C@@]6(C(=O)NS(=O)(=O)C6CC6)NC(=O)[C@@H]5[C@H]4C3)n2)cc1. The first kappa shape index (κ1) is 41.4. The molecule has 2 saturated heterocycles. The summed E-state index contributed by atoms with van der Waals surface area (Å²) >= 11 is 1.23. The molecule has 0 spiro atoms. The van der Waals surface area contributed by atoms with Crippen LogP contribution in [0.1, 0.15) is 93.3 Å². The fraction of sp³-hybridized carbons (Fsp3) is 0.619. The van der Waals surface area contributed by atoms with Gasteiger partial charge in [0.05, 0.1) is 30.0 Å². The third-order valence-electron chi connectivity index (χ3n) is 13.2. The molecule has 0 bridgehead atoms. The van der Waals surface area contributed by atoms with E-state index < -0.39 is 67.9 Å². The van der Waals surface area contributed by atoms with Crippen LogP contribution in [-0.2, 0) is 33.9 Å². The Morgan fingerprint density at radius 1 is 1.02 bits per heavy atom. The summed E-state index contributed by atoms with van der Waals surface area (Å²) in [5.41, 5.74) is 5.86. The molecule has 6 aliphatic rings. The Kier molecular flexibility index (Phi) is 11.6. The van der Waals surface area contributed by atoms with Crippen LogP contribution in [0.25, 0.3) is 11.3 Å². The van der Waals surface area contributed by atoms with Gasteiger partial charge < -0.3 is 30.3 Å². The number of sulfonamides is 1. The Morgan fingerprint density at radius 3 is 2.51 bits per heavy atom. The Morgan fingerprint density at radius 2 is 1.78 bits per heavy atom. The van der Waals surface area contributed by atoms with Gasteiger partial charge in [-0.15, -0.1) is 11.3 Å². The van der Waals surface area contributed by atoms with Crippen molar-refractivity contribution >= 4 is 51.0 Å². The highest BCUT2D eigenvalue weighted by Crippen LogP contribution is 2.47. The summed E-state index contributed by atoms with van der Waals surface area (Å²) in [4.78, 5) is 78.6. The molecule has 4 N–H and O–H groups in total. The molecule has 17 heteroatoms. The van der Waals surface area contributed by atoms with E-state index in [0.29, 0.717) is 48.6 Å². The van der Waals surface area contributed by atoms with Gasteiger partial charge >= 0.3 is 5.97 Å². The van der Waals surface area contributed by atoms with Crippen LogP contribution in [0, 0.1) is 23.7 Å². The molecule has 8 rings (SSSR count). The van der Waals surface area contributed by atoms with E-state index in [4.69, 9.17) is 15.2 Å². The fourth-order valence-corrected chi connectivity index (χ4v) is 11.6. The Bertz CT molecular complexity index is 2100. The lowest BCUT2D eigenvalue weighted by atomic mass is 9.92. The van der Waals surface area contributed by atoms with E-state index in [1.807, 2.05) is 41.8 Å².